The lowest BCUT2D eigenvalue weighted by Gasteiger charge is -2.36. The van der Waals surface area contributed by atoms with E-state index in [1.54, 1.807) is 81.7 Å². The standard InChI is InChI=1S/C88H129N21O17S/c1-10-12-25-70-82(121)99-62(24-18-34-94-88(92)93)78(117)97-49(5)46-127-47-74(113)98-66(37-51-28-31-54(90)32-29-51)85(124)106(7)50(6)76(115)103-67(41-73(91)112)86(125)109-35-19-27-71(109)83(122)104-68(42-89)80(119)101-64(36-48(3)4)75(114)58-39-55(111)40-59(58)77(116)102-65(38-53-44-96-61-23-17-15-21-57(53)61)79(118)105-69(45-110)81(120)100-63(33-30-52-43-95-60-22-16-14-20-56(52)60)84(123)108(9)72(26-13-11-2)87(126)107(70)8/h14-17,20-23,28-29,31-32,43-44,48-50,55,58-59,62-72,95-96,110-111H,10-13,18-19,24-27,30,33-42,45-47,89-90H2,1-9H3,(H2,91,112)(H,97,117)(H,98,113)(H,99,121)(H,100,120)(H,101,119)(H,102,116)(H,103,115)(H,104,122)(H,105,118)(H4,92,93,94)/t49-,50+,55+,58?,59?,62+,63+,64+,65+,66+,67+,68+,69+,70+,71?,72+/m1/s1. The number of nitrogen functional groups attached to an aromatic ring is 1. The highest BCUT2D eigenvalue weighted by molar-refractivity contribution is 8.00. The van der Waals surface area contributed by atoms with Gasteiger partial charge in [0.25, 0.3) is 0 Å². The van der Waals surface area contributed by atoms with Crippen molar-refractivity contribution in [3.8, 4) is 0 Å². The fourth-order valence-corrected chi connectivity index (χ4v) is 17.3. The normalized spacial score (nSPS) is 26.2. The van der Waals surface area contributed by atoms with Crippen LogP contribution in [0.3, 0.4) is 0 Å². The van der Waals surface area contributed by atoms with Gasteiger partial charge in [0.1, 0.15) is 66.5 Å². The molecule has 3 fully saturated rings. The van der Waals surface area contributed by atoms with Crippen LogP contribution in [-0.2, 0) is 91.2 Å². The van der Waals surface area contributed by atoms with Crippen LogP contribution >= 0.6 is 11.8 Å². The molecule has 1 saturated carbocycles. The van der Waals surface area contributed by atoms with Gasteiger partial charge in [-0.25, -0.2) is 0 Å². The molecule has 127 heavy (non-hydrogen) atoms. The number of primary amides is 1. The molecule has 4 heterocycles. The molecule has 38 nitrogen and oxygen atoms in total. The second kappa shape index (κ2) is 48.3. The number of Topliss-reactive ketones (excluding diaryl/α,β-unsaturated/α-hetero) is 1. The van der Waals surface area contributed by atoms with Crippen molar-refractivity contribution < 1.29 is 82.1 Å². The van der Waals surface area contributed by atoms with Crippen LogP contribution in [-0.4, -0.2) is 278 Å². The van der Waals surface area contributed by atoms with Crippen LogP contribution in [0.4, 0.5) is 5.69 Å². The van der Waals surface area contributed by atoms with Gasteiger partial charge in [-0.15, -0.1) is 11.8 Å². The minimum Gasteiger partial charge on any atom is -0.399 e. The number of guanidine groups is 1. The van der Waals surface area contributed by atoms with E-state index in [1.807, 2.05) is 38.1 Å². The minimum absolute atomic E-state index is 0.000819. The number of carbonyl (C=O) groups is 15. The van der Waals surface area contributed by atoms with E-state index >= 15 is 33.6 Å². The number of hydrogen-bond donors (Lipinski definition) is 19. The molecule has 2 aromatic heterocycles. The number of hydrogen-bond acceptors (Lipinski definition) is 21. The molecule has 2 aliphatic heterocycles. The average molecular weight is 1790 g/mol. The van der Waals surface area contributed by atoms with Crippen molar-refractivity contribution in [2.45, 2.75) is 242 Å². The lowest BCUT2D eigenvalue weighted by atomic mass is 9.84. The van der Waals surface area contributed by atoms with E-state index < -0.39 is 205 Å². The van der Waals surface area contributed by atoms with Crippen LogP contribution in [0.2, 0.25) is 0 Å². The molecular weight excluding hydrogens is 1660 g/mol. The zero-order chi connectivity index (χ0) is 93.0. The Balaban J connectivity index is 1.15. The average Bonchev–Trinajstić information content (AvgIpc) is 1.64. The molecule has 23 N–H and O–H groups in total. The number of H-pyrrole nitrogens is 2. The molecule has 0 spiro atoms. The summed E-state index contributed by atoms with van der Waals surface area (Å²) in [6, 6.07) is 2.98. The molecule has 3 unspecified atom stereocenters. The van der Waals surface area contributed by atoms with Crippen molar-refractivity contribution in [3.63, 3.8) is 0 Å². The van der Waals surface area contributed by atoms with Gasteiger partial charge >= 0.3 is 0 Å². The third-order valence-electron chi connectivity index (χ3n) is 23.7. The van der Waals surface area contributed by atoms with Crippen molar-refractivity contribution in [1.29, 1.82) is 5.41 Å². The number of nitrogens with one attached hydrogen (secondary N) is 13. The molecule has 14 amide bonds. The SMILES string of the molecule is CCCC[C@H]1C(=O)N(C)[C@@H](CCCC)C(=O)N[C@@H](CCCNC(=N)N)C(=O)N[C@H](C)CSCC(=O)N[C@@H](Cc2ccc(N)cc2)C(=O)N(C)[C@@H](C)C(=O)N[C@@H](CC(N)=O)C(=O)N2CCCC2C(=O)N[C@@H](CN)C(=O)N[C@@H](CC(C)C)C(=O)C2C[C@H](O)CC2C(=O)N[C@@H](Cc2c[nH]c3ccccc23)C(=O)N[C@@H](CO)C(=O)N[C@@H](CCc2c[nH]c3ccccc23)C(=O)N1C. The van der Waals surface area contributed by atoms with Gasteiger partial charge in [-0.1, -0.05) is 102 Å². The number of benzene rings is 3. The number of unbranched alkanes of at least 4 members (excludes halogenated alkanes) is 2. The van der Waals surface area contributed by atoms with Gasteiger partial charge in [0.2, 0.25) is 82.7 Å². The number of fused-ring (bicyclic) bond motifs is 4. The van der Waals surface area contributed by atoms with Crippen molar-refractivity contribution in [2.24, 2.45) is 35.0 Å². The van der Waals surface area contributed by atoms with Gasteiger partial charge in [0.05, 0.1) is 36.8 Å². The maximum absolute atomic E-state index is 15.6. The van der Waals surface area contributed by atoms with Crippen LogP contribution < -0.4 is 76.1 Å². The number of aryl methyl sites for hydroxylation is 1. The number of aromatic nitrogens is 2. The number of para-hydroxylation sites is 2. The Labute approximate surface area is 743 Å². The summed E-state index contributed by atoms with van der Waals surface area (Å²) in [7, 11) is 4.12. The van der Waals surface area contributed by atoms with Crippen molar-refractivity contribution in [2.75, 3.05) is 64.6 Å². The number of nitrogens with two attached hydrogens (primary N) is 4. The smallest absolute Gasteiger partial charge is 0.246 e. The topological polar surface area (TPSA) is 589 Å². The predicted octanol–water partition coefficient (Wildman–Crippen LogP) is -0.256. The van der Waals surface area contributed by atoms with Crippen LogP contribution in [0.25, 0.3) is 21.8 Å². The molecule has 8 rings (SSSR count). The van der Waals surface area contributed by atoms with E-state index in [0.717, 1.165) is 38.0 Å². The van der Waals surface area contributed by atoms with E-state index in [4.69, 9.17) is 28.3 Å². The Kier molecular flexibility index (Phi) is 38.3. The summed E-state index contributed by atoms with van der Waals surface area (Å²) in [5.74, 6) is -15.9. The highest BCUT2D eigenvalue weighted by Crippen LogP contribution is 2.36. The number of anilines is 1. The predicted molar refractivity (Wildman–Crippen MR) is 478 cm³/mol. The monoisotopic (exact) mass is 1780 g/mol. The summed E-state index contributed by atoms with van der Waals surface area (Å²) in [6.45, 7) is 8.78. The number of ketones is 1. The molecular formula is C88H129N21O17S. The van der Waals surface area contributed by atoms with Gasteiger partial charge in [0.15, 0.2) is 11.7 Å². The Hall–Kier alpha value is -11.7. The lowest BCUT2D eigenvalue weighted by molar-refractivity contribution is -0.149. The molecule has 3 aromatic carbocycles. The molecule has 39 heteroatoms. The molecule has 0 radical (unpaired) electrons. The molecule has 16 atom stereocenters. The minimum atomic E-state index is -1.82. The Morgan fingerprint density at radius 1 is 0.567 bits per heavy atom. The van der Waals surface area contributed by atoms with E-state index in [-0.39, 0.29) is 120 Å². The summed E-state index contributed by atoms with van der Waals surface area (Å²) < 4.78 is 0. The number of aliphatic hydroxyl groups excluding tert-OH is 2. The van der Waals surface area contributed by atoms with E-state index in [1.165, 1.54) is 37.9 Å². The van der Waals surface area contributed by atoms with E-state index in [2.05, 4.69) is 63.1 Å². The first-order valence-corrected chi connectivity index (χ1v) is 44.9. The highest BCUT2D eigenvalue weighted by Gasteiger charge is 2.48. The third-order valence-corrected chi connectivity index (χ3v) is 24.9. The Morgan fingerprint density at radius 2 is 1.12 bits per heavy atom. The summed E-state index contributed by atoms with van der Waals surface area (Å²) in [6.07, 6.45) is 3.05. The summed E-state index contributed by atoms with van der Waals surface area (Å²) in [4.78, 5) is 232. The maximum atomic E-state index is 15.6. The second-order valence-electron chi connectivity index (χ2n) is 33.9. The molecule has 2 saturated heterocycles. The molecule has 1 aliphatic carbocycles. The lowest BCUT2D eigenvalue weighted by Crippen LogP contribution is -2.61. The van der Waals surface area contributed by atoms with Crippen LogP contribution in [0, 0.1) is 23.2 Å². The zero-order valence-electron chi connectivity index (χ0n) is 73.9. The first-order chi connectivity index (χ1) is 60.5. The summed E-state index contributed by atoms with van der Waals surface area (Å²) in [5, 5.41) is 59.2. The Bertz CT molecular complexity index is 4700. The fraction of sp³-hybridized carbons (Fsp3) is 0.568. The van der Waals surface area contributed by atoms with Crippen LogP contribution in [0.1, 0.15) is 155 Å². The number of nitrogens with zero attached hydrogens (tertiary/aromatic N) is 4. The van der Waals surface area contributed by atoms with Gasteiger partial charge in [-0.3, -0.25) is 77.3 Å². The molecule has 694 valence electrons. The van der Waals surface area contributed by atoms with Gasteiger partial charge in [0, 0.05) is 111 Å². The number of carbonyl (C=O) groups excluding carboxylic acids is 15. The van der Waals surface area contributed by atoms with E-state index in [9.17, 15) is 48.6 Å². The first-order valence-electron chi connectivity index (χ1n) is 43.7. The van der Waals surface area contributed by atoms with Gasteiger partial charge in [-0.05, 0) is 131 Å². The van der Waals surface area contributed by atoms with Gasteiger partial charge in [-0.2, -0.15) is 0 Å². The third kappa shape index (κ3) is 28.1. The molecule has 5 aromatic rings. The Morgan fingerprint density at radius 3 is 1.75 bits per heavy atom. The van der Waals surface area contributed by atoms with Crippen molar-refractivity contribution >= 4 is 134 Å². The highest BCUT2D eigenvalue weighted by atomic mass is 32.2. The second-order valence-corrected chi connectivity index (χ2v) is 34.9. The molecule has 0 bridgehead atoms. The number of thioether (sulfide) groups is 1. The van der Waals surface area contributed by atoms with E-state index in [0.29, 0.717) is 53.4 Å². The quantitative estimate of drug-likeness (QED) is 0.0173. The zero-order valence-corrected chi connectivity index (χ0v) is 74.7. The van der Waals surface area contributed by atoms with Crippen molar-refractivity contribution in [1.82, 2.24) is 82.7 Å². The number of rotatable bonds is 23. The maximum Gasteiger partial charge on any atom is 0.246 e. The summed E-state index contributed by atoms with van der Waals surface area (Å²) >= 11 is 1.09. The van der Waals surface area contributed by atoms with Gasteiger partial charge < -0.3 is 116 Å². The fourth-order valence-electron chi connectivity index (χ4n) is 16.5. The number of aliphatic hydroxyl groups is 2. The van der Waals surface area contributed by atoms with Crippen LogP contribution in [0.5, 0.6) is 0 Å². The van der Waals surface area contributed by atoms with Crippen molar-refractivity contribution in [3.05, 3.63) is 102 Å². The van der Waals surface area contributed by atoms with Crippen LogP contribution in [0.15, 0.2) is 85.2 Å². The number of amides is 14. The summed E-state index contributed by atoms with van der Waals surface area (Å²) in [5.41, 5.74) is 27.2. The first kappa shape index (κ1) is 101. The molecule has 3 aliphatic rings. The number of likely N-dealkylation sites (N-methyl/N-ethyl adjacent to an activating group) is 3. The largest absolute Gasteiger partial charge is 0.399 e. The number of aromatic amines is 2.